The fourth-order valence-corrected chi connectivity index (χ4v) is 2.91. The van der Waals surface area contributed by atoms with E-state index in [4.69, 9.17) is 9.47 Å². The van der Waals surface area contributed by atoms with E-state index in [0.717, 1.165) is 31.2 Å². The lowest BCUT2D eigenvalue weighted by molar-refractivity contribution is 0.0813. The first kappa shape index (κ1) is 12.9. The third-order valence-electron chi connectivity index (χ3n) is 4.20. The molecular weight excluding hydrogens is 238 g/mol. The number of nitrogens with one attached hydrogen (secondary N) is 1. The molecule has 2 atom stereocenters. The van der Waals surface area contributed by atoms with E-state index < -0.39 is 0 Å². The molecule has 0 spiro atoms. The molecule has 1 aromatic carbocycles. The molecule has 1 heterocycles. The zero-order valence-electron chi connectivity index (χ0n) is 11.6. The van der Waals surface area contributed by atoms with Crippen LogP contribution in [0.3, 0.4) is 0 Å². The maximum absolute atomic E-state index is 5.84. The van der Waals surface area contributed by atoms with Crippen LogP contribution in [0.1, 0.15) is 24.8 Å². The van der Waals surface area contributed by atoms with E-state index in [-0.39, 0.29) is 0 Å². The molecule has 104 valence electrons. The molecule has 2 unspecified atom stereocenters. The van der Waals surface area contributed by atoms with Crippen molar-refractivity contribution < 1.29 is 9.47 Å². The molecule has 0 bridgehead atoms. The summed E-state index contributed by atoms with van der Waals surface area (Å²) in [5.74, 6) is 1.76. The van der Waals surface area contributed by atoms with Gasteiger partial charge in [0.05, 0.1) is 13.2 Å². The predicted molar refractivity (Wildman–Crippen MR) is 75.6 cm³/mol. The van der Waals surface area contributed by atoms with Crippen molar-refractivity contribution in [3.8, 4) is 5.75 Å². The first-order valence-electron chi connectivity index (χ1n) is 7.35. The summed E-state index contributed by atoms with van der Waals surface area (Å²) in [7, 11) is 1.70. The summed E-state index contributed by atoms with van der Waals surface area (Å²) in [6.45, 7) is 1.96. The van der Waals surface area contributed by atoms with Gasteiger partial charge in [-0.1, -0.05) is 12.1 Å². The molecule has 3 heteroatoms. The van der Waals surface area contributed by atoms with Gasteiger partial charge in [0.25, 0.3) is 0 Å². The van der Waals surface area contributed by atoms with Crippen molar-refractivity contribution in [2.24, 2.45) is 5.92 Å². The second kappa shape index (κ2) is 5.93. The molecule has 1 saturated carbocycles. The Morgan fingerprint density at radius 3 is 2.68 bits per heavy atom. The van der Waals surface area contributed by atoms with E-state index in [9.17, 15) is 0 Å². The first-order chi connectivity index (χ1) is 9.36. The maximum atomic E-state index is 5.84. The standard InChI is InChI=1S/C16H23NO2/c1-18-14-6-2-12(3-7-14)8-10-17-15-9-11-19-16(15)13-4-5-13/h2-3,6-7,13,15-17H,4-5,8-11H2,1H3. The third kappa shape index (κ3) is 3.28. The van der Waals surface area contributed by atoms with Crippen LogP contribution < -0.4 is 10.1 Å². The molecule has 2 fully saturated rings. The quantitative estimate of drug-likeness (QED) is 0.853. The number of ether oxygens (including phenoxy) is 2. The minimum absolute atomic E-state index is 0.482. The van der Waals surface area contributed by atoms with Gasteiger partial charge < -0.3 is 14.8 Å². The summed E-state index contributed by atoms with van der Waals surface area (Å²) < 4.78 is 11.0. The van der Waals surface area contributed by atoms with Gasteiger partial charge in [0.1, 0.15) is 5.75 Å². The molecule has 3 nitrogen and oxygen atoms in total. The molecule has 1 aromatic rings. The van der Waals surface area contributed by atoms with Gasteiger partial charge in [0.15, 0.2) is 0 Å². The average Bonchev–Trinajstić information content (AvgIpc) is 3.19. The zero-order valence-corrected chi connectivity index (χ0v) is 11.6. The number of rotatable bonds is 6. The molecule has 1 aliphatic carbocycles. The molecule has 0 aromatic heterocycles. The van der Waals surface area contributed by atoms with E-state index in [0.29, 0.717) is 12.1 Å². The van der Waals surface area contributed by atoms with Gasteiger partial charge in [0.2, 0.25) is 0 Å². The van der Waals surface area contributed by atoms with Gasteiger partial charge in [-0.2, -0.15) is 0 Å². The smallest absolute Gasteiger partial charge is 0.118 e. The van der Waals surface area contributed by atoms with Crippen LogP contribution in [0.15, 0.2) is 24.3 Å². The van der Waals surface area contributed by atoms with E-state index in [1.54, 1.807) is 7.11 Å². The summed E-state index contributed by atoms with van der Waals surface area (Å²) in [4.78, 5) is 0. The van der Waals surface area contributed by atoms with Gasteiger partial charge in [-0.05, 0) is 55.8 Å². The normalized spacial score (nSPS) is 26.6. The Morgan fingerprint density at radius 2 is 2.00 bits per heavy atom. The van der Waals surface area contributed by atoms with Crippen molar-refractivity contribution in [2.45, 2.75) is 37.8 Å². The average molecular weight is 261 g/mol. The lowest BCUT2D eigenvalue weighted by Crippen LogP contribution is -2.38. The van der Waals surface area contributed by atoms with Crippen LogP contribution in [0.2, 0.25) is 0 Å². The maximum Gasteiger partial charge on any atom is 0.118 e. The van der Waals surface area contributed by atoms with Crippen LogP contribution >= 0.6 is 0 Å². The van der Waals surface area contributed by atoms with E-state index in [2.05, 4.69) is 17.4 Å². The van der Waals surface area contributed by atoms with Crippen LogP contribution in [0, 0.1) is 5.92 Å². The van der Waals surface area contributed by atoms with Gasteiger partial charge in [-0.25, -0.2) is 0 Å². The Labute approximate surface area is 115 Å². The lowest BCUT2D eigenvalue weighted by Gasteiger charge is -2.19. The van der Waals surface area contributed by atoms with Crippen molar-refractivity contribution in [1.82, 2.24) is 5.32 Å². The third-order valence-corrected chi connectivity index (χ3v) is 4.20. The summed E-state index contributed by atoms with van der Waals surface area (Å²) in [5, 5.41) is 3.67. The minimum atomic E-state index is 0.482. The number of benzene rings is 1. The Morgan fingerprint density at radius 1 is 1.21 bits per heavy atom. The molecule has 0 amide bonds. The molecule has 1 saturated heterocycles. The molecule has 3 rings (SSSR count). The van der Waals surface area contributed by atoms with Crippen LogP contribution in [0.25, 0.3) is 0 Å². The Kier molecular flexibility index (Phi) is 4.04. The zero-order chi connectivity index (χ0) is 13.1. The van der Waals surface area contributed by atoms with E-state index in [1.807, 2.05) is 12.1 Å². The highest BCUT2D eigenvalue weighted by Crippen LogP contribution is 2.38. The van der Waals surface area contributed by atoms with Crippen molar-refractivity contribution in [3.05, 3.63) is 29.8 Å². The second-order valence-electron chi connectivity index (χ2n) is 5.62. The first-order valence-corrected chi connectivity index (χ1v) is 7.35. The summed E-state index contributed by atoms with van der Waals surface area (Å²) in [6.07, 6.45) is 5.44. The molecule has 1 aliphatic heterocycles. The Balaban J connectivity index is 1.44. The SMILES string of the molecule is COc1ccc(CCNC2CCOC2C2CC2)cc1. The van der Waals surface area contributed by atoms with Gasteiger partial charge in [-0.15, -0.1) is 0 Å². The second-order valence-corrected chi connectivity index (χ2v) is 5.62. The topological polar surface area (TPSA) is 30.5 Å². The van der Waals surface area contributed by atoms with Gasteiger partial charge in [0, 0.05) is 12.6 Å². The van der Waals surface area contributed by atoms with Gasteiger partial charge in [-0.3, -0.25) is 0 Å². The predicted octanol–water partition coefficient (Wildman–Crippen LogP) is 2.39. The van der Waals surface area contributed by atoms with Crippen LogP contribution in [0.5, 0.6) is 5.75 Å². The van der Waals surface area contributed by atoms with Crippen molar-refractivity contribution in [1.29, 1.82) is 0 Å². The van der Waals surface area contributed by atoms with Gasteiger partial charge >= 0.3 is 0 Å². The van der Waals surface area contributed by atoms with Crippen LogP contribution in [-0.4, -0.2) is 32.4 Å². The number of methoxy groups -OCH3 is 1. The number of hydrogen-bond acceptors (Lipinski definition) is 3. The molecule has 0 radical (unpaired) electrons. The summed E-state index contributed by atoms with van der Waals surface area (Å²) in [6, 6.07) is 8.92. The monoisotopic (exact) mass is 261 g/mol. The minimum Gasteiger partial charge on any atom is -0.497 e. The van der Waals surface area contributed by atoms with E-state index in [1.165, 1.54) is 24.8 Å². The van der Waals surface area contributed by atoms with E-state index >= 15 is 0 Å². The highest BCUT2D eigenvalue weighted by molar-refractivity contribution is 5.27. The molecule has 19 heavy (non-hydrogen) atoms. The Hall–Kier alpha value is -1.06. The summed E-state index contributed by atoms with van der Waals surface area (Å²) in [5.41, 5.74) is 1.36. The highest BCUT2D eigenvalue weighted by atomic mass is 16.5. The summed E-state index contributed by atoms with van der Waals surface area (Å²) >= 11 is 0. The van der Waals surface area contributed by atoms with Crippen LogP contribution in [0.4, 0.5) is 0 Å². The lowest BCUT2D eigenvalue weighted by atomic mass is 10.1. The molecule has 2 aliphatic rings. The van der Waals surface area contributed by atoms with Crippen molar-refractivity contribution >= 4 is 0 Å². The van der Waals surface area contributed by atoms with Crippen molar-refractivity contribution in [3.63, 3.8) is 0 Å². The fraction of sp³-hybridized carbons (Fsp3) is 0.625. The largest absolute Gasteiger partial charge is 0.497 e. The van der Waals surface area contributed by atoms with Crippen molar-refractivity contribution in [2.75, 3.05) is 20.3 Å². The molecular formula is C16H23NO2. The molecule has 1 N–H and O–H groups in total. The fourth-order valence-electron chi connectivity index (χ4n) is 2.91. The Bertz CT molecular complexity index is 400. The highest BCUT2D eigenvalue weighted by Gasteiger charge is 2.40. The van der Waals surface area contributed by atoms with Crippen LogP contribution in [-0.2, 0) is 11.2 Å². The number of hydrogen-bond donors (Lipinski definition) is 1.